The summed E-state index contributed by atoms with van der Waals surface area (Å²) in [5.74, 6) is -0.682. The Bertz CT molecular complexity index is 974. The number of fused-ring (bicyclic) bond motifs is 1. The molecule has 9 heteroatoms. The SMILES string of the molecule is CN1C(=O)C2C(SCC(=O)NCc3ccccc3)NC(c3ccccc3)NC2N(C)C1=O. The molecule has 4 rings (SSSR count). The summed E-state index contributed by atoms with van der Waals surface area (Å²) in [6, 6.07) is 19.2. The van der Waals surface area contributed by atoms with Gasteiger partial charge in [0, 0.05) is 20.6 Å². The average Bonchev–Trinajstić information content (AvgIpc) is 2.84. The van der Waals surface area contributed by atoms with Crippen LogP contribution in [0.3, 0.4) is 0 Å². The Labute approximate surface area is 191 Å². The van der Waals surface area contributed by atoms with E-state index in [0.717, 1.165) is 16.0 Å². The van der Waals surface area contributed by atoms with E-state index in [1.165, 1.54) is 18.8 Å². The van der Waals surface area contributed by atoms with E-state index < -0.39 is 12.1 Å². The van der Waals surface area contributed by atoms with Crippen molar-refractivity contribution >= 4 is 29.6 Å². The lowest BCUT2D eigenvalue weighted by atomic mass is 9.96. The van der Waals surface area contributed by atoms with E-state index >= 15 is 0 Å². The third kappa shape index (κ3) is 4.64. The van der Waals surface area contributed by atoms with Crippen molar-refractivity contribution in [3.63, 3.8) is 0 Å². The first-order valence-electron chi connectivity index (χ1n) is 10.5. The molecule has 4 amide bonds. The lowest BCUT2D eigenvalue weighted by molar-refractivity contribution is -0.140. The molecule has 2 aliphatic heterocycles. The van der Waals surface area contributed by atoms with Crippen LogP contribution in [0.2, 0.25) is 0 Å². The van der Waals surface area contributed by atoms with Crippen LogP contribution in [0.25, 0.3) is 0 Å². The smallest absolute Gasteiger partial charge is 0.327 e. The molecule has 2 saturated heterocycles. The Morgan fingerprint density at radius 1 is 1.00 bits per heavy atom. The minimum atomic E-state index is -0.519. The zero-order valence-corrected chi connectivity index (χ0v) is 18.8. The molecule has 2 aromatic rings. The first-order valence-corrected chi connectivity index (χ1v) is 11.5. The fraction of sp³-hybridized carbons (Fsp3) is 0.348. The highest BCUT2D eigenvalue weighted by Crippen LogP contribution is 2.34. The van der Waals surface area contributed by atoms with Gasteiger partial charge in [0.15, 0.2) is 0 Å². The molecule has 0 aliphatic carbocycles. The first kappa shape index (κ1) is 22.3. The van der Waals surface area contributed by atoms with Crippen LogP contribution in [0.15, 0.2) is 60.7 Å². The molecule has 8 nitrogen and oxygen atoms in total. The minimum Gasteiger partial charge on any atom is -0.351 e. The highest BCUT2D eigenvalue weighted by Gasteiger charge is 2.51. The van der Waals surface area contributed by atoms with Crippen molar-refractivity contribution in [2.45, 2.75) is 24.3 Å². The number of thioether (sulfide) groups is 1. The van der Waals surface area contributed by atoms with E-state index in [2.05, 4.69) is 16.0 Å². The molecule has 168 valence electrons. The third-order valence-electron chi connectivity index (χ3n) is 5.82. The highest BCUT2D eigenvalue weighted by molar-refractivity contribution is 8.00. The number of nitrogens with one attached hydrogen (secondary N) is 3. The number of imide groups is 1. The van der Waals surface area contributed by atoms with Crippen LogP contribution in [-0.2, 0) is 16.1 Å². The summed E-state index contributed by atoms with van der Waals surface area (Å²) >= 11 is 1.39. The molecule has 4 unspecified atom stereocenters. The van der Waals surface area contributed by atoms with Crippen LogP contribution in [0.1, 0.15) is 17.3 Å². The Morgan fingerprint density at radius 3 is 2.34 bits per heavy atom. The number of nitrogens with zero attached hydrogens (tertiary/aromatic N) is 2. The van der Waals surface area contributed by atoms with Crippen LogP contribution in [0, 0.1) is 5.92 Å². The molecular weight excluding hydrogens is 426 g/mol. The maximum atomic E-state index is 13.0. The molecule has 2 heterocycles. The number of urea groups is 1. The van der Waals surface area contributed by atoms with Crippen molar-refractivity contribution in [1.29, 1.82) is 0 Å². The van der Waals surface area contributed by atoms with Gasteiger partial charge in [-0.05, 0) is 11.1 Å². The van der Waals surface area contributed by atoms with E-state index in [0.29, 0.717) is 6.54 Å². The van der Waals surface area contributed by atoms with E-state index in [1.807, 2.05) is 60.7 Å². The number of hydrogen-bond acceptors (Lipinski definition) is 6. The van der Waals surface area contributed by atoms with Crippen LogP contribution in [0.5, 0.6) is 0 Å². The molecule has 32 heavy (non-hydrogen) atoms. The standard InChI is InChI=1S/C23H27N5O3S/c1-27-20-18(22(30)28(2)23(27)31)21(26-19(25-20)16-11-7-4-8-12-16)32-14-17(29)24-13-15-9-5-3-6-10-15/h3-12,18-21,25-26H,13-14H2,1-2H3,(H,24,29). The Morgan fingerprint density at radius 2 is 1.66 bits per heavy atom. The van der Waals surface area contributed by atoms with Crippen LogP contribution in [-0.4, -0.2) is 59.0 Å². The fourth-order valence-electron chi connectivity index (χ4n) is 4.05. The lowest BCUT2D eigenvalue weighted by Crippen LogP contribution is -2.72. The predicted octanol–water partition coefficient (Wildman–Crippen LogP) is 1.72. The van der Waals surface area contributed by atoms with Gasteiger partial charge in [-0.15, -0.1) is 11.8 Å². The molecular formula is C23H27N5O3S. The number of carbonyl (C=O) groups is 3. The summed E-state index contributed by atoms with van der Waals surface area (Å²) in [5.41, 5.74) is 2.02. The van der Waals surface area contributed by atoms with E-state index in [-0.39, 0.29) is 35.1 Å². The van der Waals surface area contributed by atoms with Crippen LogP contribution in [0.4, 0.5) is 4.79 Å². The third-order valence-corrected chi connectivity index (χ3v) is 7.03. The highest BCUT2D eigenvalue weighted by atomic mass is 32.2. The minimum absolute atomic E-state index is 0.104. The Kier molecular flexibility index (Phi) is 6.78. The van der Waals surface area contributed by atoms with E-state index in [9.17, 15) is 14.4 Å². The van der Waals surface area contributed by atoms with Crippen molar-refractivity contribution in [3.05, 3.63) is 71.8 Å². The molecule has 2 fully saturated rings. The summed E-state index contributed by atoms with van der Waals surface area (Å²) in [6.07, 6.45) is -0.726. The summed E-state index contributed by atoms with van der Waals surface area (Å²) in [5, 5.41) is 9.45. The van der Waals surface area contributed by atoms with Gasteiger partial charge in [0.05, 0.1) is 29.4 Å². The van der Waals surface area contributed by atoms with Gasteiger partial charge in [-0.1, -0.05) is 60.7 Å². The zero-order chi connectivity index (χ0) is 22.7. The molecule has 4 atom stereocenters. The molecule has 0 saturated carbocycles. The number of benzene rings is 2. The van der Waals surface area contributed by atoms with Crippen LogP contribution < -0.4 is 16.0 Å². The predicted molar refractivity (Wildman–Crippen MR) is 123 cm³/mol. The summed E-state index contributed by atoms with van der Waals surface area (Å²) in [4.78, 5) is 40.7. The molecule has 3 N–H and O–H groups in total. The second-order valence-corrected chi connectivity index (χ2v) is 9.06. The second-order valence-electron chi connectivity index (χ2n) is 7.93. The van der Waals surface area contributed by atoms with Gasteiger partial charge < -0.3 is 10.2 Å². The zero-order valence-electron chi connectivity index (χ0n) is 18.0. The van der Waals surface area contributed by atoms with Gasteiger partial charge in [-0.25, -0.2) is 4.79 Å². The monoisotopic (exact) mass is 453 g/mol. The number of carbonyl (C=O) groups excluding carboxylic acids is 3. The van der Waals surface area contributed by atoms with Gasteiger partial charge in [0.25, 0.3) is 0 Å². The molecule has 0 radical (unpaired) electrons. The number of rotatable bonds is 6. The van der Waals surface area contributed by atoms with Gasteiger partial charge in [-0.2, -0.15) is 0 Å². The van der Waals surface area contributed by atoms with Crippen LogP contribution >= 0.6 is 11.8 Å². The molecule has 0 bridgehead atoms. The van der Waals surface area contributed by atoms with Gasteiger partial charge >= 0.3 is 6.03 Å². The summed E-state index contributed by atoms with van der Waals surface area (Å²) in [7, 11) is 3.19. The number of amides is 4. The van der Waals surface area contributed by atoms with Gasteiger partial charge in [0.1, 0.15) is 0 Å². The second kappa shape index (κ2) is 9.72. The molecule has 2 aliphatic rings. The number of hydrogen-bond donors (Lipinski definition) is 3. The first-order chi connectivity index (χ1) is 15.5. The van der Waals surface area contributed by atoms with Gasteiger partial charge in [-0.3, -0.25) is 25.1 Å². The quantitative estimate of drug-likeness (QED) is 0.617. The Hall–Kier alpha value is -2.88. The van der Waals surface area contributed by atoms with Crippen molar-refractivity contribution in [2.24, 2.45) is 5.92 Å². The fourth-order valence-corrected chi connectivity index (χ4v) is 5.19. The maximum absolute atomic E-state index is 13.0. The normalized spacial score (nSPS) is 25.4. The molecule has 0 aromatic heterocycles. The molecule has 2 aromatic carbocycles. The van der Waals surface area contributed by atoms with Crippen molar-refractivity contribution in [1.82, 2.24) is 25.8 Å². The topological polar surface area (TPSA) is 93.8 Å². The summed E-state index contributed by atoms with van der Waals surface area (Å²) in [6.45, 7) is 0.456. The lowest BCUT2D eigenvalue weighted by Gasteiger charge is -2.50. The van der Waals surface area contributed by atoms with Crippen molar-refractivity contribution < 1.29 is 14.4 Å². The maximum Gasteiger partial charge on any atom is 0.327 e. The van der Waals surface area contributed by atoms with Gasteiger partial charge in [0.2, 0.25) is 11.8 Å². The Balaban J connectivity index is 1.47. The van der Waals surface area contributed by atoms with Crippen molar-refractivity contribution in [3.8, 4) is 0 Å². The van der Waals surface area contributed by atoms with Crippen molar-refractivity contribution in [2.75, 3.05) is 19.8 Å². The van der Waals surface area contributed by atoms with E-state index in [4.69, 9.17) is 0 Å². The van der Waals surface area contributed by atoms with E-state index in [1.54, 1.807) is 11.9 Å². The average molecular weight is 454 g/mol. The molecule has 0 spiro atoms. The largest absolute Gasteiger partial charge is 0.351 e. The summed E-state index contributed by atoms with van der Waals surface area (Å²) < 4.78 is 0.